The van der Waals surface area contributed by atoms with Gasteiger partial charge in [-0.3, -0.25) is 4.40 Å². The van der Waals surface area contributed by atoms with Crippen LogP contribution in [-0.4, -0.2) is 9.38 Å². The summed E-state index contributed by atoms with van der Waals surface area (Å²) in [6.45, 7) is 2.04. The zero-order chi connectivity index (χ0) is 8.55. The van der Waals surface area contributed by atoms with Crippen molar-refractivity contribution in [1.82, 2.24) is 9.38 Å². The third kappa shape index (κ3) is 1.14. The van der Waals surface area contributed by atoms with Crippen molar-refractivity contribution in [3.8, 4) is 0 Å². The molecule has 0 aliphatic rings. The van der Waals surface area contributed by atoms with E-state index in [1.165, 1.54) is 5.69 Å². The van der Waals surface area contributed by atoms with Gasteiger partial charge in [-0.1, -0.05) is 0 Å². The lowest BCUT2D eigenvalue weighted by Crippen LogP contribution is -1.77. The number of aromatic nitrogens is 2. The van der Waals surface area contributed by atoms with Gasteiger partial charge in [0.15, 0.2) is 0 Å². The summed E-state index contributed by atoms with van der Waals surface area (Å²) in [4.78, 5) is 5.16. The van der Waals surface area contributed by atoms with Crippen molar-refractivity contribution < 1.29 is 0 Å². The molecule has 0 spiro atoms. The zero-order valence-electron chi connectivity index (χ0n) is 6.23. The Morgan fingerprint density at radius 2 is 2.50 bits per heavy atom. The minimum absolute atomic E-state index is 0.697. The molecule has 0 saturated heterocycles. The number of rotatable bonds is 1. The summed E-state index contributed by atoms with van der Waals surface area (Å²) in [5.41, 5.74) is 1.18. The topological polar surface area (TPSA) is 42.0 Å². The van der Waals surface area contributed by atoms with E-state index in [-0.39, 0.29) is 0 Å². The van der Waals surface area contributed by atoms with E-state index in [1.54, 1.807) is 17.7 Å². The summed E-state index contributed by atoms with van der Waals surface area (Å²) in [5, 5.41) is 5.97. The Morgan fingerprint density at radius 1 is 1.67 bits per heavy atom. The molecule has 0 amide bonds. The fraction of sp³-hybridized carbons (Fsp3) is 0.167. The lowest BCUT2D eigenvalue weighted by atomic mass is 10.6. The first-order chi connectivity index (χ1) is 5.83. The fourth-order valence-electron chi connectivity index (χ4n) is 0.991. The molecular formula is C6H5IN4S. The third-order valence-corrected chi connectivity index (χ3v) is 2.84. The van der Waals surface area contributed by atoms with Gasteiger partial charge in [0.1, 0.15) is 34.0 Å². The molecule has 0 aliphatic heterocycles. The van der Waals surface area contributed by atoms with Gasteiger partial charge in [0.25, 0.3) is 0 Å². The molecule has 0 aliphatic carbocycles. The number of aryl methyl sites for hydroxylation is 1. The molecule has 0 saturated carbocycles. The minimum atomic E-state index is 0.697. The Morgan fingerprint density at radius 3 is 3.25 bits per heavy atom. The molecular weight excluding hydrogens is 287 g/mol. The molecule has 6 heteroatoms. The summed E-state index contributed by atoms with van der Waals surface area (Å²) in [6, 6.07) is 0. The standard InChI is InChI=1S/C6H5IN4S/c1-4-2-12-6-5(9-10-7)8-3-11(4)6/h2-3H,1H3/b10-9+. The highest BCUT2D eigenvalue weighted by Crippen LogP contribution is 2.25. The molecule has 0 bridgehead atoms. The van der Waals surface area contributed by atoms with Crippen LogP contribution in [0.25, 0.3) is 4.83 Å². The molecule has 2 aromatic rings. The molecule has 0 aromatic carbocycles. The molecule has 0 fully saturated rings. The fourth-order valence-corrected chi connectivity index (χ4v) is 2.09. The Hall–Kier alpha value is -0.500. The van der Waals surface area contributed by atoms with Crippen LogP contribution in [0.4, 0.5) is 5.82 Å². The largest absolute Gasteiger partial charge is 0.292 e. The van der Waals surface area contributed by atoms with E-state index in [9.17, 15) is 0 Å². The quantitative estimate of drug-likeness (QED) is 0.588. The summed E-state index contributed by atoms with van der Waals surface area (Å²) in [7, 11) is 0. The third-order valence-electron chi connectivity index (χ3n) is 1.56. The average Bonchev–Trinajstić information content (AvgIpc) is 2.58. The van der Waals surface area contributed by atoms with Crippen LogP contribution < -0.4 is 0 Å². The van der Waals surface area contributed by atoms with Crippen molar-refractivity contribution in [2.45, 2.75) is 6.92 Å². The van der Waals surface area contributed by atoms with Crippen molar-refractivity contribution in [2.75, 3.05) is 0 Å². The van der Waals surface area contributed by atoms with E-state index < -0.39 is 0 Å². The van der Waals surface area contributed by atoms with E-state index in [0.29, 0.717) is 5.82 Å². The van der Waals surface area contributed by atoms with Crippen LogP contribution in [0, 0.1) is 6.92 Å². The lowest BCUT2D eigenvalue weighted by molar-refractivity contribution is 1.10. The highest BCUT2D eigenvalue weighted by atomic mass is 127. The number of hydrogen-bond acceptors (Lipinski definition) is 4. The predicted molar refractivity (Wildman–Crippen MR) is 56.3 cm³/mol. The van der Waals surface area contributed by atoms with E-state index >= 15 is 0 Å². The SMILES string of the molecule is Cc1csc2c(/N=N/I)ncn12. The van der Waals surface area contributed by atoms with Gasteiger partial charge in [0.05, 0.1) is 0 Å². The van der Waals surface area contributed by atoms with Crippen LogP contribution in [0.15, 0.2) is 20.1 Å². The molecule has 62 valence electrons. The van der Waals surface area contributed by atoms with Crippen molar-refractivity contribution in [2.24, 2.45) is 8.44 Å². The molecule has 0 unspecified atom stereocenters. The van der Waals surface area contributed by atoms with Crippen LogP contribution in [0.2, 0.25) is 0 Å². The number of nitrogens with zero attached hydrogens (tertiary/aromatic N) is 4. The van der Waals surface area contributed by atoms with E-state index in [0.717, 1.165) is 4.83 Å². The molecule has 2 aromatic heterocycles. The Bertz CT molecular complexity index is 430. The molecule has 2 heterocycles. The normalized spacial score (nSPS) is 11.8. The number of halogens is 1. The van der Waals surface area contributed by atoms with Crippen molar-refractivity contribution in [3.63, 3.8) is 0 Å². The van der Waals surface area contributed by atoms with E-state index in [1.807, 2.05) is 34.2 Å². The van der Waals surface area contributed by atoms with Gasteiger partial charge in [0.2, 0.25) is 5.82 Å². The number of imidazole rings is 1. The van der Waals surface area contributed by atoms with Gasteiger partial charge in [-0.2, -0.15) is 0 Å². The molecule has 12 heavy (non-hydrogen) atoms. The van der Waals surface area contributed by atoms with Gasteiger partial charge in [0, 0.05) is 11.1 Å². The maximum Gasteiger partial charge on any atom is 0.211 e. The monoisotopic (exact) mass is 292 g/mol. The van der Waals surface area contributed by atoms with E-state index in [2.05, 4.69) is 18.8 Å². The van der Waals surface area contributed by atoms with Gasteiger partial charge in [-0.05, 0) is 6.92 Å². The van der Waals surface area contributed by atoms with Crippen molar-refractivity contribution >= 4 is 44.8 Å². The first kappa shape index (κ1) is 8.11. The maximum absolute atomic E-state index is 4.11. The Labute approximate surface area is 86.8 Å². The second-order valence-corrected chi connectivity index (χ2v) is 3.59. The van der Waals surface area contributed by atoms with Gasteiger partial charge < -0.3 is 0 Å². The van der Waals surface area contributed by atoms with Crippen LogP contribution in [0.5, 0.6) is 0 Å². The zero-order valence-corrected chi connectivity index (χ0v) is 9.20. The van der Waals surface area contributed by atoms with Gasteiger partial charge >= 0.3 is 0 Å². The summed E-state index contributed by atoms with van der Waals surface area (Å²) >= 11 is 3.47. The first-order valence-corrected chi connectivity index (χ1v) is 5.10. The molecule has 0 N–H and O–H groups in total. The predicted octanol–water partition coefficient (Wildman–Crippen LogP) is 3.14. The van der Waals surface area contributed by atoms with Gasteiger partial charge in [-0.25, -0.2) is 4.98 Å². The van der Waals surface area contributed by atoms with Crippen LogP contribution in [0.1, 0.15) is 5.69 Å². The highest BCUT2D eigenvalue weighted by Gasteiger charge is 2.05. The Balaban J connectivity index is 2.70. The number of thiazole rings is 1. The highest BCUT2D eigenvalue weighted by molar-refractivity contribution is 14.1. The average molecular weight is 292 g/mol. The van der Waals surface area contributed by atoms with Crippen LogP contribution >= 0.6 is 34.2 Å². The number of hydrogen-bond donors (Lipinski definition) is 0. The van der Waals surface area contributed by atoms with Crippen LogP contribution in [0.3, 0.4) is 0 Å². The minimum Gasteiger partial charge on any atom is -0.292 e. The van der Waals surface area contributed by atoms with E-state index in [4.69, 9.17) is 0 Å². The van der Waals surface area contributed by atoms with Crippen LogP contribution in [-0.2, 0) is 0 Å². The smallest absolute Gasteiger partial charge is 0.211 e. The molecule has 4 nitrogen and oxygen atoms in total. The summed E-state index contributed by atoms with van der Waals surface area (Å²) in [5.74, 6) is 0.697. The second kappa shape index (κ2) is 3.09. The summed E-state index contributed by atoms with van der Waals surface area (Å²) in [6.07, 6.45) is 1.77. The molecule has 2 rings (SSSR count). The second-order valence-electron chi connectivity index (χ2n) is 2.30. The Kier molecular flexibility index (Phi) is 2.09. The lowest BCUT2D eigenvalue weighted by Gasteiger charge is -1.83. The summed E-state index contributed by atoms with van der Waals surface area (Å²) < 4.78 is 5.67. The first-order valence-electron chi connectivity index (χ1n) is 3.26. The van der Waals surface area contributed by atoms with Gasteiger partial charge in [-0.15, -0.1) is 19.8 Å². The molecule has 0 atom stereocenters. The molecule has 0 radical (unpaired) electrons. The number of fused-ring (bicyclic) bond motifs is 1. The maximum atomic E-state index is 4.11. The van der Waals surface area contributed by atoms with Crippen molar-refractivity contribution in [1.29, 1.82) is 0 Å². The van der Waals surface area contributed by atoms with Crippen molar-refractivity contribution in [3.05, 3.63) is 17.4 Å².